The monoisotopic (exact) mass is 497 g/mol. The summed E-state index contributed by atoms with van der Waals surface area (Å²) in [6, 6.07) is 8.47. The van der Waals surface area contributed by atoms with Crippen molar-refractivity contribution in [1.29, 1.82) is 0 Å². The first-order chi connectivity index (χ1) is 16.1. The maximum atomic E-state index is 13.1. The number of ether oxygens (including phenoxy) is 2. The van der Waals surface area contributed by atoms with Gasteiger partial charge in [-0.15, -0.1) is 0 Å². The molecule has 3 rings (SSSR count). The van der Waals surface area contributed by atoms with E-state index in [-0.39, 0.29) is 28.6 Å². The van der Waals surface area contributed by atoms with E-state index in [1.54, 1.807) is 32.0 Å². The number of piperidine rings is 1. The number of hydrogen-bond acceptors (Lipinski definition) is 6. The van der Waals surface area contributed by atoms with Gasteiger partial charge in [0.15, 0.2) is 11.5 Å². The van der Waals surface area contributed by atoms with Crippen LogP contribution >= 0.6 is 0 Å². The van der Waals surface area contributed by atoms with Gasteiger partial charge in [-0.2, -0.15) is 13.1 Å². The molecule has 0 unspecified atom stereocenters. The molecule has 8 nitrogen and oxygen atoms in total. The summed E-state index contributed by atoms with van der Waals surface area (Å²) in [6.45, 7) is -0.243. The van der Waals surface area contributed by atoms with Crippen molar-refractivity contribution in [3.63, 3.8) is 0 Å². The van der Waals surface area contributed by atoms with Crippen LogP contribution in [0.2, 0.25) is 0 Å². The second kappa shape index (κ2) is 11.0. The van der Waals surface area contributed by atoms with E-state index < -0.39 is 22.5 Å². The first kappa shape index (κ1) is 25.7. The van der Waals surface area contributed by atoms with Crippen LogP contribution in [0.15, 0.2) is 41.3 Å². The van der Waals surface area contributed by atoms with Gasteiger partial charge in [-0.1, -0.05) is 6.42 Å². The van der Waals surface area contributed by atoms with E-state index >= 15 is 0 Å². The summed E-state index contributed by atoms with van der Waals surface area (Å²) >= 11 is 0. The predicted octanol–water partition coefficient (Wildman–Crippen LogP) is 4.18. The van der Waals surface area contributed by atoms with Crippen molar-refractivity contribution in [2.24, 2.45) is 0 Å². The molecule has 0 saturated carbocycles. The van der Waals surface area contributed by atoms with Gasteiger partial charge < -0.3 is 19.7 Å². The van der Waals surface area contributed by atoms with E-state index in [0.717, 1.165) is 19.3 Å². The lowest BCUT2D eigenvalue weighted by atomic mass is 10.1. The van der Waals surface area contributed by atoms with E-state index in [4.69, 9.17) is 4.74 Å². The summed E-state index contributed by atoms with van der Waals surface area (Å²) in [7, 11) is -0.160. The maximum absolute atomic E-state index is 13.1. The van der Waals surface area contributed by atoms with Gasteiger partial charge >= 0.3 is 6.61 Å². The van der Waals surface area contributed by atoms with Crippen molar-refractivity contribution in [2.75, 3.05) is 44.0 Å². The minimum atomic E-state index is -3.70. The van der Waals surface area contributed by atoms with Crippen molar-refractivity contribution >= 4 is 27.3 Å². The van der Waals surface area contributed by atoms with Crippen molar-refractivity contribution < 1.29 is 31.5 Å². The molecule has 11 heteroatoms. The van der Waals surface area contributed by atoms with Crippen LogP contribution in [-0.4, -0.2) is 59.0 Å². The lowest BCUT2D eigenvalue weighted by Gasteiger charge is -2.26. The molecule has 1 N–H and O–H groups in total. The van der Waals surface area contributed by atoms with Crippen molar-refractivity contribution in [1.82, 2.24) is 4.31 Å². The Kier molecular flexibility index (Phi) is 8.32. The molecule has 0 radical (unpaired) electrons. The SMILES string of the molecule is CCOc1cc(C(=O)Nc2cc(S(=O)(=O)N3CCCCC3)ccc2N(C)C)ccc1OC(F)F. The maximum Gasteiger partial charge on any atom is 0.387 e. The standard InChI is InChI=1S/C23H29F2N3O5S/c1-4-32-21-14-16(8-11-20(21)33-23(24)25)22(29)26-18-15-17(9-10-19(18)27(2)3)34(30,31)28-12-6-5-7-13-28/h8-11,14-15,23H,4-7,12-13H2,1-3H3,(H,26,29). The summed E-state index contributed by atoms with van der Waals surface area (Å²) < 4.78 is 62.8. The molecule has 1 amide bonds. The summed E-state index contributed by atoms with van der Waals surface area (Å²) in [5, 5.41) is 2.75. The molecule has 186 valence electrons. The van der Waals surface area contributed by atoms with Gasteiger partial charge in [0.2, 0.25) is 10.0 Å². The number of alkyl halides is 2. The minimum absolute atomic E-state index is 0.00436. The van der Waals surface area contributed by atoms with Crippen LogP contribution in [0.4, 0.5) is 20.2 Å². The molecule has 1 saturated heterocycles. The van der Waals surface area contributed by atoms with E-state index in [1.165, 1.54) is 34.6 Å². The number of sulfonamides is 1. The van der Waals surface area contributed by atoms with E-state index in [9.17, 15) is 22.0 Å². The van der Waals surface area contributed by atoms with Gasteiger partial charge in [-0.25, -0.2) is 8.42 Å². The molecule has 2 aromatic rings. The third kappa shape index (κ3) is 5.95. The van der Waals surface area contributed by atoms with Gasteiger partial charge in [0, 0.05) is 32.7 Å². The number of hydrogen-bond donors (Lipinski definition) is 1. The van der Waals surface area contributed by atoms with Crippen LogP contribution in [0.3, 0.4) is 0 Å². The number of halogens is 2. The quantitative estimate of drug-likeness (QED) is 0.559. The predicted molar refractivity (Wildman–Crippen MR) is 126 cm³/mol. The van der Waals surface area contributed by atoms with Gasteiger partial charge in [0.25, 0.3) is 5.91 Å². The Balaban J connectivity index is 1.92. The molecule has 1 fully saturated rings. The molecule has 1 heterocycles. The first-order valence-electron chi connectivity index (χ1n) is 11.0. The highest BCUT2D eigenvalue weighted by Crippen LogP contribution is 2.33. The molecule has 0 atom stereocenters. The van der Waals surface area contributed by atoms with Gasteiger partial charge in [0.1, 0.15) is 0 Å². The fourth-order valence-corrected chi connectivity index (χ4v) is 5.27. The molecule has 34 heavy (non-hydrogen) atoms. The van der Waals surface area contributed by atoms with Crippen LogP contribution in [0.5, 0.6) is 11.5 Å². The average Bonchev–Trinajstić information content (AvgIpc) is 2.80. The summed E-state index contributed by atoms with van der Waals surface area (Å²) in [4.78, 5) is 14.8. The Morgan fingerprint density at radius 2 is 1.79 bits per heavy atom. The largest absolute Gasteiger partial charge is 0.490 e. The van der Waals surface area contributed by atoms with Gasteiger partial charge in [-0.3, -0.25) is 4.79 Å². The number of nitrogens with zero attached hydrogens (tertiary/aromatic N) is 2. The van der Waals surface area contributed by atoms with E-state index in [0.29, 0.717) is 24.5 Å². The normalized spacial score (nSPS) is 14.6. The molecule has 2 aromatic carbocycles. The minimum Gasteiger partial charge on any atom is -0.490 e. The second-order valence-corrected chi connectivity index (χ2v) is 9.90. The van der Waals surface area contributed by atoms with Crippen LogP contribution in [0, 0.1) is 0 Å². The molecule has 1 aliphatic rings. The first-order valence-corrected chi connectivity index (χ1v) is 12.4. The number of carbonyl (C=O) groups excluding carboxylic acids is 1. The molecule has 0 aliphatic carbocycles. The molecular formula is C23H29F2N3O5S. The molecular weight excluding hydrogens is 468 g/mol. The molecule has 0 spiro atoms. The summed E-state index contributed by atoms with van der Waals surface area (Å²) in [5.41, 5.74) is 1.05. The van der Waals surface area contributed by atoms with E-state index in [2.05, 4.69) is 10.1 Å². The van der Waals surface area contributed by atoms with Crippen LogP contribution < -0.4 is 19.7 Å². The third-order valence-corrected chi connectivity index (χ3v) is 7.27. The third-order valence-electron chi connectivity index (χ3n) is 5.37. The van der Waals surface area contributed by atoms with Crippen molar-refractivity contribution in [2.45, 2.75) is 37.7 Å². The average molecular weight is 498 g/mol. The van der Waals surface area contributed by atoms with Crippen LogP contribution in [0.1, 0.15) is 36.5 Å². The highest BCUT2D eigenvalue weighted by molar-refractivity contribution is 7.89. The fraction of sp³-hybridized carbons (Fsp3) is 0.435. The number of carbonyl (C=O) groups is 1. The zero-order valence-electron chi connectivity index (χ0n) is 19.4. The summed E-state index contributed by atoms with van der Waals surface area (Å²) in [6.07, 6.45) is 2.62. The van der Waals surface area contributed by atoms with E-state index in [1.807, 2.05) is 0 Å². The highest BCUT2D eigenvalue weighted by Gasteiger charge is 2.27. The van der Waals surface area contributed by atoms with Crippen LogP contribution in [-0.2, 0) is 10.0 Å². The lowest BCUT2D eigenvalue weighted by molar-refractivity contribution is -0.0514. The van der Waals surface area contributed by atoms with Crippen molar-refractivity contribution in [3.05, 3.63) is 42.0 Å². The smallest absolute Gasteiger partial charge is 0.387 e. The fourth-order valence-electron chi connectivity index (χ4n) is 3.73. The number of amides is 1. The summed E-state index contributed by atoms with van der Waals surface area (Å²) in [5.74, 6) is -0.734. The second-order valence-electron chi connectivity index (χ2n) is 7.97. The number of rotatable bonds is 9. The van der Waals surface area contributed by atoms with Gasteiger partial charge in [-0.05, 0) is 56.2 Å². The Morgan fingerprint density at radius 3 is 2.41 bits per heavy atom. The molecule has 0 aromatic heterocycles. The topological polar surface area (TPSA) is 88.2 Å². The Bertz CT molecular complexity index is 1120. The van der Waals surface area contributed by atoms with Gasteiger partial charge in [0.05, 0.1) is 22.9 Å². The zero-order chi connectivity index (χ0) is 24.9. The highest BCUT2D eigenvalue weighted by atomic mass is 32.2. The van der Waals surface area contributed by atoms with Crippen molar-refractivity contribution in [3.8, 4) is 11.5 Å². The molecule has 1 aliphatic heterocycles. The number of benzene rings is 2. The Hall–Kier alpha value is -2.92. The zero-order valence-corrected chi connectivity index (χ0v) is 20.2. The number of nitrogens with one attached hydrogen (secondary N) is 1. The Morgan fingerprint density at radius 1 is 1.09 bits per heavy atom. The number of anilines is 2. The lowest BCUT2D eigenvalue weighted by Crippen LogP contribution is -2.35. The van der Waals surface area contributed by atoms with Crippen LogP contribution in [0.25, 0.3) is 0 Å². The Labute approximate surface area is 198 Å². The molecule has 0 bridgehead atoms.